The predicted octanol–water partition coefficient (Wildman–Crippen LogP) is 2.29. The van der Waals surface area contributed by atoms with Crippen molar-refractivity contribution in [2.24, 2.45) is 5.41 Å². The number of nitrogens with one attached hydrogen (secondary N) is 1. The van der Waals surface area contributed by atoms with E-state index in [-0.39, 0.29) is 6.04 Å². The zero-order chi connectivity index (χ0) is 12.4. The van der Waals surface area contributed by atoms with Gasteiger partial charge in [-0.25, -0.2) is 0 Å². The summed E-state index contributed by atoms with van der Waals surface area (Å²) in [5.41, 5.74) is 0.697. The van der Waals surface area contributed by atoms with Gasteiger partial charge >= 0.3 is 0 Å². The number of hydrogen-bond donors (Lipinski definition) is 1. The number of nitrogens with zero attached hydrogens (tertiary/aromatic N) is 2. The van der Waals surface area contributed by atoms with Crippen molar-refractivity contribution in [2.45, 2.75) is 63.5 Å². The molecule has 3 heteroatoms. The summed E-state index contributed by atoms with van der Waals surface area (Å²) in [6.07, 6.45) is 11.1. The van der Waals surface area contributed by atoms with Gasteiger partial charge in [-0.1, -0.05) is 12.8 Å². The second-order valence-corrected chi connectivity index (χ2v) is 6.63. The Morgan fingerprint density at radius 2 is 1.83 bits per heavy atom. The van der Waals surface area contributed by atoms with E-state index in [1.807, 2.05) is 0 Å². The van der Waals surface area contributed by atoms with E-state index in [1.54, 1.807) is 0 Å². The third-order valence-electron chi connectivity index (χ3n) is 5.19. The summed E-state index contributed by atoms with van der Waals surface area (Å²) in [6.45, 7) is 3.36. The molecule has 2 aliphatic carbocycles. The Balaban J connectivity index is 1.45. The Labute approximate surface area is 111 Å². The molecular weight excluding hydrogens is 222 g/mol. The summed E-state index contributed by atoms with van der Waals surface area (Å²) in [5.74, 6) is 0. The van der Waals surface area contributed by atoms with Gasteiger partial charge in [-0.2, -0.15) is 5.26 Å². The van der Waals surface area contributed by atoms with Gasteiger partial charge in [0.25, 0.3) is 0 Å². The van der Waals surface area contributed by atoms with Crippen molar-refractivity contribution in [2.75, 3.05) is 19.6 Å². The third kappa shape index (κ3) is 2.87. The summed E-state index contributed by atoms with van der Waals surface area (Å²) in [7, 11) is 0. The van der Waals surface area contributed by atoms with Gasteiger partial charge < -0.3 is 4.90 Å². The van der Waals surface area contributed by atoms with E-state index >= 15 is 0 Å². The fourth-order valence-electron chi connectivity index (χ4n) is 3.76. The molecule has 0 aromatic carbocycles. The number of piperidine rings is 1. The van der Waals surface area contributed by atoms with Gasteiger partial charge in [0, 0.05) is 12.6 Å². The van der Waals surface area contributed by atoms with Crippen LogP contribution in [0.3, 0.4) is 0 Å². The Kier molecular flexibility index (Phi) is 3.59. The lowest BCUT2D eigenvalue weighted by molar-refractivity contribution is 0.105. The molecule has 0 aromatic rings. The van der Waals surface area contributed by atoms with Crippen molar-refractivity contribution >= 4 is 0 Å². The number of hydrogen-bond acceptors (Lipinski definition) is 3. The van der Waals surface area contributed by atoms with E-state index in [9.17, 15) is 5.26 Å². The first kappa shape index (κ1) is 12.4. The molecule has 1 heterocycles. The van der Waals surface area contributed by atoms with E-state index in [0.29, 0.717) is 11.5 Å². The first-order valence-corrected chi connectivity index (χ1v) is 7.68. The molecule has 0 amide bonds. The van der Waals surface area contributed by atoms with Gasteiger partial charge in [-0.3, -0.25) is 5.32 Å². The van der Waals surface area contributed by atoms with Crippen LogP contribution in [0.5, 0.6) is 0 Å². The van der Waals surface area contributed by atoms with E-state index < -0.39 is 0 Å². The van der Waals surface area contributed by atoms with Crippen LogP contribution in [0.4, 0.5) is 0 Å². The topological polar surface area (TPSA) is 39.1 Å². The molecule has 0 bridgehead atoms. The van der Waals surface area contributed by atoms with Gasteiger partial charge in [0.15, 0.2) is 0 Å². The Morgan fingerprint density at radius 3 is 2.39 bits per heavy atom. The molecule has 3 nitrogen and oxygen atoms in total. The molecular formula is C15H25N3. The van der Waals surface area contributed by atoms with E-state index in [4.69, 9.17) is 0 Å². The lowest BCUT2D eigenvalue weighted by atomic mass is 9.77. The van der Waals surface area contributed by atoms with Crippen molar-refractivity contribution in [3.63, 3.8) is 0 Å². The smallest absolute Gasteiger partial charge is 0.108 e. The molecule has 3 rings (SSSR count). The molecule has 3 fully saturated rings. The summed E-state index contributed by atoms with van der Waals surface area (Å²) in [4.78, 5) is 2.51. The fourth-order valence-corrected chi connectivity index (χ4v) is 3.76. The molecule has 18 heavy (non-hydrogen) atoms. The first-order chi connectivity index (χ1) is 8.80. The maximum absolute atomic E-state index is 9.20. The monoisotopic (exact) mass is 247 g/mol. The third-order valence-corrected chi connectivity index (χ3v) is 5.19. The first-order valence-electron chi connectivity index (χ1n) is 7.68. The maximum Gasteiger partial charge on any atom is 0.108 e. The molecule has 1 unspecified atom stereocenters. The molecule has 0 radical (unpaired) electrons. The molecule has 1 N–H and O–H groups in total. The zero-order valence-electron chi connectivity index (χ0n) is 11.3. The van der Waals surface area contributed by atoms with Crippen LogP contribution in [0, 0.1) is 16.7 Å². The standard InChI is InChI=1S/C15H25N3/c16-11-14(17-13-3-4-13)12-18-9-7-15(8-10-18)5-1-2-6-15/h13-14,17H,1-10,12H2. The number of nitriles is 1. The number of likely N-dealkylation sites (tertiary alicyclic amines) is 1. The van der Waals surface area contributed by atoms with Crippen molar-refractivity contribution in [3.05, 3.63) is 0 Å². The highest BCUT2D eigenvalue weighted by Gasteiger charge is 2.37. The highest BCUT2D eigenvalue weighted by atomic mass is 15.2. The van der Waals surface area contributed by atoms with Gasteiger partial charge in [-0.05, 0) is 57.0 Å². The van der Waals surface area contributed by atoms with Crippen molar-refractivity contribution in [3.8, 4) is 6.07 Å². The Bertz CT molecular complexity index is 313. The van der Waals surface area contributed by atoms with Crippen LogP contribution in [0.2, 0.25) is 0 Å². The molecule has 1 saturated heterocycles. The lowest BCUT2D eigenvalue weighted by Gasteiger charge is -2.40. The van der Waals surface area contributed by atoms with E-state index in [1.165, 1.54) is 64.5 Å². The normalized spacial score (nSPS) is 29.3. The quantitative estimate of drug-likeness (QED) is 0.828. The predicted molar refractivity (Wildman–Crippen MR) is 72.1 cm³/mol. The number of rotatable bonds is 4. The van der Waals surface area contributed by atoms with Gasteiger partial charge in [0.1, 0.15) is 6.04 Å². The van der Waals surface area contributed by atoms with Crippen LogP contribution < -0.4 is 5.32 Å². The summed E-state index contributed by atoms with van der Waals surface area (Å²) >= 11 is 0. The van der Waals surface area contributed by atoms with Crippen LogP contribution >= 0.6 is 0 Å². The molecule has 100 valence electrons. The summed E-state index contributed by atoms with van der Waals surface area (Å²) < 4.78 is 0. The summed E-state index contributed by atoms with van der Waals surface area (Å²) in [5, 5.41) is 12.6. The lowest BCUT2D eigenvalue weighted by Crippen LogP contribution is -2.46. The zero-order valence-corrected chi connectivity index (χ0v) is 11.3. The molecule has 3 aliphatic rings. The minimum absolute atomic E-state index is 0.0510. The van der Waals surface area contributed by atoms with E-state index in [0.717, 1.165) is 6.54 Å². The Hall–Kier alpha value is -0.590. The van der Waals surface area contributed by atoms with Gasteiger partial charge in [0.2, 0.25) is 0 Å². The summed E-state index contributed by atoms with van der Waals surface area (Å²) in [6, 6.07) is 3.12. The second-order valence-electron chi connectivity index (χ2n) is 6.63. The van der Waals surface area contributed by atoms with Crippen LogP contribution in [0.15, 0.2) is 0 Å². The second kappa shape index (κ2) is 5.19. The highest BCUT2D eigenvalue weighted by Crippen LogP contribution is 2.46. The maximum atomic E-state index is 9.20. The van der Waals surface area contributed by atoms with Crippen molar-refractivity contribution < 1.29 is 0 Å². The molecule has 1 spiro atoms. The Morgan fingerprint density at radius 1 is 1.17 bits per heavy atom. The van der Waals surface area contributed by atoms with Crippen LogP contribution in [-0.4, -0.2) is 36.6 Å². The molecule has 0 aromatic heterocycles. The fraction of sp³-hybridized carbons (Fsp3) is 0.933. The van der Waals surface area contributed by atoms with Gasteiger partial charge in [-0.15, -0.1) is 0 Å². The van der Waals surface area contributed by atoms with E-state index in [2.05, 4.69) is 16.3 Å². The van der Waals surface area contributed by atoms with Gasteiger partial charge in [0.05, 0.1) is 6.07 Å². The van der Waals surface area contributed by atoms with Crippen LogP contribution in [0.1, 0.15) is 51.4 Å². The highest BCUT2D eigenvalue weighted by molar-refractivity contribution is 4.99. The van der Waals surface area contributed by atoms with Crippen molar-refractivity contribution in [1.82, 2.24) is 10.2 Å². The molecule has 2 saturated carbocycles. The molecule has 1 aliphatic heterocycles. The van der Waals surface area contributed by atoms with Crippen LogP contribution in [-0.2, 0) is 0 Å². The largest absolute Gasteiger partial charge is 0.301 e. The SMILES string of the molecule is N#CC(CN1CCC2(CCCC2)CC1)NC1CC1. The minimum Gasteiger partial charge on any atom is -0.301 e. The average molecular weight is 247 g/mol. The van der Waals surface area contributed by atoms with Crippen LogP contribution in [0.25, 0.3) is 0 Å². The molecule has 1 atom stereocenters. The average Bonchev–Trinajstić information content (AvgIpc) is 3.10. The minimum atomic E-state index is 0.0510. The van der Waals surface area contributed by atoms with Crippen molar-refractivity contribution in [1.29, 1.82) is 5.26 Å².